The number of carbonyl (C=O) groups is 1. The molecule has 1 aliphatic rings. The van der Waals surface area contributed by atoms with E-state index < -0.39 is 0 Å². The van der Waals surface area contributed by atoms with Crippen molar-refractivity contribution in [2.24, 2.45) is 5.92 Å². The van der Waals surface area contributed by atoms with Crippen LogP contribution in [0.25, 0.3) is 0 Å². The van der Waals surface area contributed by atoms with E-state index >= 15 is 0 Å². The second-order valence-corrected chi connectivity index (χ2v) is 6.79. The Morgan fingerprint density at radius 2 is 1.88 bits per heavy atom. The van der Waals surface area contributed by atoms with Gasteiger partial charge in [0.05, 0.1) is 0 Å². The van der Waals surface area contributed by atoms with Gasteiger partial charge in [0.2, 0.25) is 0 Å². The lowest BCUT2D eigenvalue weighted by atomic mass is 9.99. The molecule has 0 aliphatic carbocycles. The maximum atomic E-state index is 12.2. The highest BCUT2D eigenvalue weighted by molar-refractivity contribution is 5.92. The molecule has 0 unspecified atom stereocenters. The molecule has 0 atom stereocenters. The van der Waals surface area contributed by atoms with Crippen LogP contribution < -0.4 is 10.2 Å². The fourth-order valence-corrected chi connectivity index (χ4v) is 3.08. The maximum Gasteiger partial charge on any atom is 0.271 e. The number of amides is 1. The van der Waals surface area contributed by atoms with Gasteiger partial charge in [-0.1, -0.05) is 37.3 Å². The first-order chi connectivity index (χ1) is 12.2. The summed E-state index contributed by atoms with van der Waals surface area (Å²) in [6, 6.07) is 14.0. The van der Waals surface area contributed by atoms with Crippen LogP contribution in [-0.2, 0) is 6.42 Å². The number of hydrogen-bond acceptors (Lipinski definition) is 4. The number of carbonyl (C=O) groups excluding carboxylic acids is 1. The molecular weight excluding hydrogens is 312 g/mol. The second kappa shape index (κ2) is 8.60. The van der Waals surface area contributed by atoms with E-state index in [9.17, 15) is 4.79 Å². The van der Waals surface area contributed by atoms with Crippen molar-refractivity contribution in [3.05, 3.63) is 53.7 Å². The lowest BCUT2D eigenvalue weighted by Crippen LogP contribution is -2.33. The van der Waals surface area contributed by atoms with Crippen molar-refractivity contribution in [1.29, 1.82) is 0 Å². The van der Waals surface area contributed by atoms with E-state index in [-0.39, 0.29) is 5.91 Å². The predicted octanol–water partition coefficient (Wildman–Crippen LogP) is 3.08. The second-order valence-electron chi connectivity index (χ2n) is 6.79. The van der Waals surface area contributed by atoms with E-state index in [2.05, 4.69) is 39.5 Å². The normalized spacial score (nSPS) is 15.2. The number of aromatic nitrogens is 2. The van der Waals surface area contributed by atoms with Crippen molar-refractivity contribution < 1.29 is 4.79 Å². The van der Waals surface area contributed by atoms with Gasteiger partial charge in [-0.15, -0.1) is 10.2 Å². The Bertz CT molecular complexity index is 664. The van der Waals surface area contributed by atoms with Crippen LogP contribution in [0, 0.1) is 5.92 Å². The van der Waals surface area contributed by atoms with E-state index in [1.165, 1.54) is 18.4 Å². The molecule has 1 amide bonds. The quantitative estimate of drug-likeness (QED) is 0.823. The summed E-state index contributed by atoms with van der Waals surface area (Å²) in [5.41, 5.74) is 1.67. The number of anilines is 1. The highest BCUT2D eigenvalue weighted by Crippen LogP contribution is 2.20. The first-order valence-electron chi connectivity index (χ1n) is 9.13. The van der Waals surface area contributed by atoms with Gasteiger partial charge in [0.15, 0.2) is 11.5 Å². The minimum absolute atomic E-state index is 0.153. The van der Waals surface area contributed by atoms with Crippen LogP contribution in [0.5, 0.6) is 0 Å². The molecule has 0 spiro atoms. The number of nitrogens with zero attached hydrogens (tertiary/aromatic N) is 3. The van der Waals surface area contributed by atoms with Gasteiger partial charge in [-0.2, -0.15) is 0 Å². The zero-order valence-corrected chi connectivity index (χ0v) is 14.8. The van der Waals surface area contributed by atoms with Crippen LogP contribution >= 0.6 is 0 Å². The molecule has 1 N–H and O–H groups in total. The lowest BCUT2D eigenvalue weighted by molar-refractivity contribution is 0.0947. The number of aryl methyl sites for hydroxylation is 1. The van der Waals surface area contributed by atoms with Gasteiger partial charge in [0.1, 0.15) is 0 Å². The van der Waals surface area contributed by atoms with Crippen LogP contribution in [-0.4, -0.2) is 35.7 Å². The zero-order chi connectivity index (χ0) is 17.5. The summed E-state index contributed by atoms with van der Waals surface area (Å²) in [6.45, 7) is 4.96. The minimum Gasteiger partial charge on any atom is -0.355 e. The number of benzene rings is 1. The van der Waals surface area contributed by atoms with E-state index in [1.807, 2.05) is 24.3 Å². The molecule has 0 radical (unpaired) electrons. The summed E-state index contributed by atoms with van der Waals surface area (Å²) in [7, 11) is 0. The Labute approximate surface area is 149 Å². The Morgan fingerprint density at radius 3 is 2.56 bits per heavy atom. The van der Waals surface area contributed by atoms with Crippen LogP contribution in [0.1, 0.15) is 42.2 Å². The van der Waals surface area contributed by atoms with Crippen LogP contribution in [0.15, 0.2) is 42.5 Å². The van der Waals surface area contributed by atoms with Crippen molar-refractivity contribution >= 4 is 11.7 Å². The molecule has 1 aromatic carbocycles. The summed E-state index contributed by atoms with van der Waals surface area (Å²) in [5.74, 6) is 1.50. The van der Waals surface area contributed by atoms with Gasteiger partial charge in [0.25, 0.3) is 5.91 Å². The van der Waals surface area contributed by atoms with Crippen molar-refractivity contribution in [3.63, 3.8) is 0 Å². The van der Waals surface area contributed by atoms with Crippen LogP contribution in [0.4, 0.5) is 5.82 Å². The lowest BCUT2D eigenvalue weighted by Gasteiger charge is -2.30. The van der Waals surface area contributed by atoms with Crippen molar-refractivity contribution in [2.45, 2.75) is 32.6 Å². The highest BCUT2D eigenvalue weighted by Gasteiger charge is 2.17. The van der Waals surface area contributed by atoms with E-state index in [0.29, 0.717) is 12.2 Å². The minimum atomic E-state index is -0.153. The topological polar surface area (TPSA) is 58.1 Å². The molecule has 25 heavy (non-hydrogen) atoms. The Hall–Kier alpha value is -2.43. The first-order valence-corrected chi connectivity index (χ1v) is 9.13. The van der Waals surface area contributed by atoms with Gasteiger partial charge in [0, 0.05) is 19.6 Å². The Morgan fingerprint density at radius 1 is 1.12 bits per heavy atom. The van der Waals surface area contributed by atoms with Gasteiger partial charge in [-0.25, -0.2) is 0 Å². The molecule has 1 aliphatic heterocycles. The van der Waals surface area contributed by atoms with Crippen LogP contribution in [0.2, 0.25) is 0 Å². The molecular formula is C20H26N4O. The number of piperidine rings is 1. The fraction of sp³-hybridized carbons (Fsp3) is 0.450. The molecule has 5 heteroatoms. The van der Waals surface area contributed by atoms with Crippen molar-refractivity contribution in [1.82, 2.24) is 15.5 Å². The Kier molecular flexibility index (Phi) is 5.99. The molecule has 132 valence electrons. The highest BCUT2D eigenvalue weighted by atomic mass is 16.1. The average Bonchev–Trinajstić information content (AvgIpc) is 2.67. The third kappa shape index (κ3) is 5.02. The van der Waals surface area contributed by atoms with Gasteiger partial charge >= 0.3 is 0 Å². The van der Waals surface area contributed by atoms with Crippen LogP contribution in [0.3, 0.4) is 0 Å². The summed E-state index contributed by atoms with van der Waals surface area (Å²) in [5, 5.41) is 11.3. The third-order valence-corrected chi connectivity index (χ3v) is 4.76. The molecule has 1 fully saturated rings. The SMILES string of the molecule is CC1CCN(c2ccc(C(=O)NCCCc3ccccc3)nn2)CC1. The molecule has 1 aromatic heterocycles. The predicted molar refractivity (Wildman–Crippen MR) is 99.7 cm³/mol. The van der Waals surface area contributed by atoms with E-state index in [1.54, 1.807) is 6.07 Å². The average molecular weight is 338 g/mol. The molecule has 2 heterocycles. The van der Waals surface area contributed by atoms with Crippen molar-refractivity contribution in [2.75, 3.05) is 24.5 Å². The fourth-order valence-electron chi connectivity index (χ4n) is 3.08. The molecule has 1 saturated heterocycles. The zero-order valence-electron chi connectivity index (χ0n) is 14.8. The third-order valence-electron chi connectivity index (χ3n) is 4.76. The molecule has 3 rings (SSSR count). The summed E-state index contributed by atoms with van der Waals surface area (Å²) in [6.07, 6.45) is 4.24. The first kappa shape index (κ1) is 17.4. The largest absolute Gasteiger partial charge is 0.355 e. The molecule has 0 saturated carbocycles. The number of nitrogens with one attached hydrogen (secondary N) is 1. The summed E-state index contributed by atoms with van der Waals surface area (Å²) < 4.78 is 0. The Balaban J connectivity index is 1.44. The number of hydrogen-bond donors (Lipinski definition) is 1. The van der Waals surface area contributed by atoms with E-state index in [4.69, 9.17) is 0 Å². The van der Waals surface area contributed by atoms with Gasteiger partial charge < -0.3 is 10.2 Å². The molecule has 0 bridgehead atoms. The standard InChI is InChI=1S/C20H26N4O/c1-16-11-14-24(15-12-16)19-10-9-18(22-23-19)20(25)21-13-5-8-17-6-3-2-4-7-17/h2-4,6-7,9-10,16H,5,8,11-15H2,1H3,(H,21,25). The van der Waals surface area contributed by atoms with Gasteiger partial charge in [-0.3, -0.25) is 4.79 Å². The maximum absolute atomic E-state index is 12.2. The van der Waals surface area contributed by atoms with Gasteiger partial charge in [-0.05, 0) is 49.3 Å². The summed E-state index contributed by atoms with van der Waals surface area (Å²) in [4.78, 5) is 14.4. The van der Waals surface area contributed by atoms with Crippen molar-refractivity contribution in [3.8, 4) is 0 Å². The monoisotopic (exact) mass is 338 g/mol. The smallest absolute Gasteiger partial charge is 0.271 e. The number of rotatable bonds is 6. The molecule has 2 aromatic rings. The summed E-state index contributed by atoms with van der Waals surface area (Å²) >= 11 is 0. The molecule has 5 nitrogen and oxygen atoms in total. The van der Waals surface area contributed by atoms with E-state index in [0.717, 1.165) is 37.7 Å².